The molecule has 0 amide bonds. The summed E-state index contributed by atoms with van der Waals surface area (Å²) in [6, 6.07) is 0. The van der Waals surface area contributed by atoms with E-state index in [0.29, 0.717) is 13.2 Å². The Labute approximate surface area is 67.2 Å². The minimum atomic E-state index is -0.587. The Morgan fingerprint density at radius 2 is 1.91 bits per heavy atom. The number of rotatable bonds is 6. The van der Waals surface area contributed by atoms with Crippen LogP contribution in [0.3, 0.4) is 0 Å². The summed E-state index contributed by atoms with van der Waals surface area (Å²) < 4.78 is 4.77. The van der Waals surface area contributed by atoms with Crippen molar-refractivity contribution in [3.63, 3.8) is 0 Å². The zero-order valence-electron chi connectivity index (χ0n) is 7.13. The van der Waals surface area contributed by atoms with Gasteiger partial charge in [0.15, 0.2) is 0 Å². The van der Waals surface area contributed by atoms with Gasteiger partial charge in [-0.1, -0.05) is 6.92 Å². The fourth-order valence-corrected chi connectivity index (χ4v) is 0.736. The van der Waals surface area contributed by atoms with E-state index in [1.165, 1.54) is 0 Å². The monoisotopic (exact) mass is 163 g/mol. The molecule has 68 valence electrons. The molecular formula is C7H17NO3. The summed E-state index contributed by atoms with van der Waals surface area (Å²) in [5.41, 5.74) is -0.587. The van der Waals surface area contributed by atoms with Crippen molar-refractivity contribution in [3.8, 4) is 0 Å². The van der Waals surface area contributed by atoms with Crippen molar-refractivity contribution < 1.29 is 14.9 Å². The van der Waals surface area contributed by atoms with E-state index in [2.05, 4.69) is 5.32 Å². The van der Waals surface area contributed by atoms with Crippen molar-refractivity contribution >= 4 is 0 Å². The Balaban J connectivity index is 3.84. The van der Waals surface area contributed by atoms with Gasteiger partial charge >= 0.3 is 0 Å². The second-order valence-electron chi connectivity index (χ2n) is 2.56. The van der Waals surface area contributed by atoms with Crippen LogP contribution in [0.15, 0.2) is 0 Å². The lowest BCUT2D eigenvalue weighted by atomic mass is 9.99. The van der Waals surface area contributed by atoms with Crippen molar-refractivity contribution in [1.82, 2.24) is 5.32 Å². The fraction of sp³-hybridized carbons (Fsp3) is 1.00. The molecule has 0 heterocycles. The number of aliphatic hydroxyl groups excluding tert-OH is 2. The van der Waals surface area contributed by atoms with Gasteiger partial charge in [0.2, 0.25) is 0 Å². The van der Waals surface area contributed by atoms with E-state index in [1.807, 2.05) is 6.92 Å². The van der Waals surface area contributed by atoms with E-state index < -0.39 is 5.54 Å². The van der Waals surface area contributed by atoms with Crippen LogP contribution < -0.4 is 5.32 Å². The molecule has 0 aliphatic rings. The third-order valence-corrected chi connectivity index (χ3v) is 1.87. The van der Waals surface area contributed by atoms with Crippen molar-refractivity contribution in [2.45, 2.75) is 18.9 Å². The van der Waals surface area contributed by atoms with Gasteiger partial charge in [-0.2, -0.15) is 0 Å². The van der Waals surface area contributed by atoms with Gasteiger partial charge in [-0.3, -0.25) is 5.32 Å². The van der Waals surface area contributed by atoms with E-state index in [4.69, 9.17) is 14.9 Å². The molecule has 0 radical (unpaired) electrons. The predicted molar refractivity (Wildman–Crippen MR) is 42.2 cm³/mol. The van der Waals surface area contributed by atoms with Crippen LogP contribution in [-0.4, -0.2) is 42.8 Å². The van der Waals surface area contributed by atoms with Gasteiger partial charge in [-0.15, -0.1) is 0 Å². The van der Waals surface area contributed by atoms with Crippen molar-refractivity contribution in [3.05, 3.63) is 0 Å². The van der Waals surface area contributed by atoms with Gasteiger partial charge < -0.3 is 14.9 Å². The summed E-state index contributed by atoms with van der Waals surface area (Å²) in [7, 11) is 1.56. The first-order valence-electron chi connectivity index (χ1n) is 3.70. The van der Waals surface area contributed by atoms with Crippen LogP contribution >= 0.6 is 0 Å². The number of hydrogen-bond acceptors (Lipinski definition) is 4. The van der Waals surface area contributed by atoms with Crippen LogP contribution in [0.4, 0.5) is 0 Å². The molecule has 4 heteroatoms. The average molecular weight is 163 g/mol. The molecule has 3 N–H and O–H groups in total. The maximum absolute atomic E-state index is 8.93. The van der Waals surface area contributed by atoms with Crippen molar-refractivity contribution in [2.24, 2.45) is 0 Å². The minimum Gasteiger partial charge on any atom is -0.394 e. The zero-order valence-corrected chi connectivity index (χ0v) is 7.13. The van der Waals surface area contributed by atoms with E-state index in [1.54, 1.807) is 7.11 Å². The molecule has 0 saturated carbocycles. The summed E-state index contributed by atoms with van der Waals surface area (Å²) in [6.45, 7) is 2.08. The van der Waals surface area contributed by atoms with Gasteiger partial charge in [0, 0.05) is 7.11 Å². The smallest absolute Gasteiger partial charge is 0.0967 e. The molecule has 0 aromatic rings. The lowest BCUT2D eigenvalue weighted by Crippen LogP contribution is -2.51. The van der Waals surface area contributed by atoms with Crippen LogP contribution in [0.2, 0.25) is 0 Å². The number of nitrogens with one attached hydrogen (secondary N) is 1. The molecule has 11 heavy (non-hydrogen) atoms. The Bertz CT molecular complexity index is 85.4. The topological polar surface area (TPSA) is 61.7 Å². The molecular weight excluding hydrogens is 146 g/mol. The molecule has 0 bridgehead atoms. The highest BCUT2D eigenvalue weighted by molar-refractivity contribution is 4.83. The van der Waals surface area contributed by atoms with Crippen molar-refractivity contribution in [2.75, 3.05) is 27.1 Å². The van der Waals surface area contributed by atoms with Gasteiger partial charge in [0.1, 0.15) is 0 Å². The lowest BCUT2D eigenvalue weighted by molar-refractivity contribution is 0.0506. The quantitative estimate of drug-likeness (QED) is 0.454. The Kier molecular flexibility index (Phi) is 5.41. The molecule has 4 nitrogen and oxygen atoms in total. The molecule has 0 fully saturated rings. The van der Waals surface area contributed by atoms with Crippen molar-refractivity contribution in [1.29, 1.82) is 0 Å². The molecule has 0 aliphatic carbocycles. The molecule has 0 aliphatic heterocycles. The number of hydrogen-bond donors (Lipinski definition) is 3. The molecule has 0 atom stereocenters. The van der Waals surface area contributed by atoms with E-state index in [0.717, 1.165) is 0 Å². The summed E-state index contributed by atoms with van der Waals surface area (Å²) in [5.74, 6) is 0. The highest BCUT2D eigenvalue weighted by Crippen LogP contribution is 2.07. The highest BCUT2D eigenvalue weighted by Gasteiger charge is 2.25. The Morgan fingerprint density at radius 1 is 1.36 bits per heavy atom. The summed E-state index contributed by atoms with van der Waals surface area (Å²) in [6.07, 6.45) is 0.670. The maximum Gasteiger partial charge on any atom is 0.0967 e. The second kappa shape index (κ2) is 5.49. The van der Waals surface area contributed by atoms with E-state index in [-0.39, 0.29) is 13.2 Å². The molecule has 0 unspecified atom stereocenters. The molecule has 0 aromatic heterocycles. The normalized spacial score (nSPS) is 12.0. The van der Waals surface area contributed by atoms with Gasteiger partial charge in [-0.25, -0.2) is 0 Å². The first-order chi connectivity index (χ1) is 5.24. The Morgan fingerprint density at radius 3 is 2.18 bits per heavy atom. The SMILES string of the molecule is CCC(CO)(CO)NCOC. The highest BCUT2D eigenvalue weighted by atomic mass is 16.5. The van der Waals surface area contributed by atoms with Crippen LogP contribution in [0.25, 0.3) is 0 Å². The van der Waals surface area contributed by atoms with E-state index in [9.17, 15) is 0 Å². The van der Waals surface area contributed by atoms with Crippen LogP contribution in [0.1, 0.15) is 13.3 Å². The van der Waals surface area contributed by atoms with Gasteiger partial charge in [-0.05, 0) is 6.42 Å². The molecule has 0 rings (SSSR count). The number of ether oxygens (including phenoxy) is 1. The summed E-state index contributed by atoms with van der Waals surface area (Å²) >= 11 is 0. The van der Waals surface area contributed by atoms with Crippen LogP contribution in [0, 0.1) is 0 Å². The van der Waals surface area contributed by atoms with E-state index >= 15 is 0 Å². The lowest BCUT2D eigenvalue weighted by Gasteiger charge is -2.29. The predicted octanol–water partition coefficient (Wildman–Crippen LogP) is -0.687. The fourth-order valence-electron chi connectivity index (χ4n) is 0.736. The first kappa shape index (κ1) is 10.8. The maximum atomic E-state index is 8.93. The summed E-state index contributed by atoms with van der Waals surface area (Å²) in [5, 5.41) is 20.8. The minimum absolute atomic E-state index is 0.0800. The number of aliphatic hydroxyl groups is 2. The molecule has 0 aromatic carbocycles. The molecule has 0 saturated heterocycles. The number of methoxy groups -OCH3 is 1. The largest absolute Gasteiger partial charge is 0.394 e. The second-order valence-corrected chi connectivity index (χ2v) is 2.56. The third-order valence-electron chi connectivity index (χ3n) is 1.87. The standard InChI is InChI=1S/C7H17NO3/c1-3-7(4-9,5-10)8-6-11-2/h8-10H,3-6H2,1-2H3. The summed E-state index contributed by atoms with van der Waals surface area (Å²) in [4.78, 5) is 0. The van der Waals surface area contributed by atoms with Gasteiger partial charge in [0.05, 0.1) is 25.5 Å². The van der Waals surface area contributed by atoms with Gasteiger partial charge in [0.25, 0.3) is 0 Å². The average Bonchev–Trinajstić information content (AvgIpc) is 2.08. The van der Waals surface area contributed by atoms with Crippen LogP contribution in [-0.2, 0) is 4.74 Å². The third kappa shape index (κ3) is 3.16. The first-order valence-corrected chi connectivity index (χ1v) is 3.70. The molecule has 0 spiro atoms. The van der Waals surface area contributed by atoms with Crippen LogP contribution in [0.5, 0.6) is 0 Å². The zero-order chi connectivity index (χ0) is 8.74. The Hall–Kier alpha value is -0.160.